The minimum atomic E-state index is 0.734. The summed E-state index contributed by atoms with van der Waals surface area (Å²) in [7, 11) is 0. The van der Waals surface area contributed by atoms with E-state index in [-0.39, 0.29) is 0 Å². The van der Waals surface area contributed by atoms with Crippen molar-refractivity contribution in [1.29, 1.82) is 0 Å². The molecule has 0 aliphatic heterocycles. The fraction of sp³-hybridized carbons (Fsp3) is 0.571. The van der Waals surface area contributed by atoms with Gasteiger partial charge in [0.15, 0.2) is 0 Å². The maximum absolute atomic E-state index is 5.67. The van der Waals surface area contributed by atoms with Crippen molar-refractivity contribution in [2.75, 3.05) is 24.5 Å². The van der Waals surface area contributed by atoms with Crippen LogP contribution < -0.4 is 10.6 Å². The first-order valence-electron chi connectivity index (χ1n) is 6.38. The summed E-state index contributed by atoms with van der Waals surface area (Å²) < 4.78 is 0. The fourth-order valence-corrected chi connectivity index (χ4v) is 2.20. The highest BCUT2D eigenvalue weighted by Gasteiger charge is 2.24. The van der Waals surface area contributed by atoms with Gasteiger partial charge >= 0.3 is 0 Å². The SMILES string of the molecule is CCN(CC1CC1)c1ccccc1CCN. The van der Waals surface area contributed by atoms with Crippen molar-refractivity contribution in [2.24, 2.45) is 11.7 Å². The van der Waals surface area contributed by atoms with Crippen molar-refractivity contribution in [3.05, 3.63) is 29.8 Å². The molecule has 0 bridgehead atoms. The zero-order valence-electron chi connectivity index (χ0n) is 10.2. The molecular weight excluding hydrogens is 196 g/mol. The van der Waals surface area contributed by atoms with Crippen LogP contribution in [0.3, 0.4) is 0 Å². The van der Waals surface area contributed by atoms with Crippen LogP contribution in [-0.4, -0.2) is 19.6 Å². The Morgan fingerprint density at radius 1 is 1.31 bits per heavy atom. The van der Waals surface area contributed by atoms with Crippen molar-refractivity contribution in [3.63, 3.8) is 0 Å². The second-order valence-corrected chi connectivity index (χ2v) is 4.65. The summed E-state index contributed by atoms with van der Waals surface area (Å²) >= 11 is 0. The van der Waals surface area contributed by atoms with Gasteiger partial charge in [0.25, 0.3) is 0 Å². The molecule has 1 aromatic rings. The van der Waals surface area contributed by atoms with Crippen molar-refractivity contribution < 1.29 is 0 Å². The van der Waals surface area contributed by atoms with E-state index in [4.69, 9.17) is 5.73 Å². The van der Waals surface area contributed by atoms with Crippen LogP contribution in [0.4, 0.5) is 5.69 Å². The van der Waals surface area contributed by atoms with Crippen molar-refractivity contribution >= 4 is 5.69 Å². The van der Waals surface area contributed by atoms with Crippen LogP contribution in [0.1, 0.15) is 25.3 Å². The van der Waals surface area contributed by atoms with E-state index < -0.39 is 0 Å². The van der Waals surface area contributed by atoms with Crippen molar-refractivity contribution in [3.8, 4) is 0 Å². The average Bonchev–Trinajstić information content (AvgIpc) is 3.11. The molecule has 2 heteroatoms. The number of anilines is 1. The van der Waals surface area contributed by atoms with E-state index in [1.807, 2.05) is 0 Å². The van der Waals surface area contributed by atoms with E-state index in [9.17, 15) is 0 Å². The van der Waals surface area contributed by atoms with Gasteiger partial charge in [0.05, 0.1) is 0 Å². The zero-order chi connectivity index (χ0) is 11.4. The molecule has 0 aromatic heterocycles. The molecule has 1 saturated carbocycles. The molecule has 1 fully saturated rings. The molecule has 1 aliphatic rings. The minimum Gasteiger partial charge on any atom is -0.371 e. The first-order valence-corrected chi connectivity index (χ1v) is 6.38. The second-order valence-electron chi connectivity index (χ2n) is 4.65. The van der Waals surface area contributed by atoms with Gasteiger partial charge in [-0.3, -0.25) is 0 Å². The fourth-order valence-electron chi connectivity index (χ4n) is 2.20. The normalized spacial score (nSPS) is 15.1. The Hall–Kier alpha value is -1.02. The molecule has 0 radical (unpaired) electrons. The van der Waals surface area contributed by atoms with Crippen LogP contribution in [0.2, 0.25) is 0 Å². The van der Waals surface area contributed by atoms with Crippen LogP contribution in [0, 0.1) is 5.92 Å². The van der Waals surface area contributed by atoms with Gasteiger partial charge in [0.1, 0.15) is 0 Å². The number of nitrogens with two attached hydrogens (primary N) is 1. The molecule has 88 valence electrons. The maximum atomic E-state index is 5.67. The first kappa shape index (κ1) is 11.5. The Bertz CT molecular complexity index is 331. The number of hydrogen-bond donors (Lipinski definition) is 1. The summed E-state index contributed by atoms with van der Waals surface area (Å²) in [6, 6.07) is 8.68. The van der Waals surface area contributed by atoms with Crippen molar-refractivity contribution in [1.82, 2.24) is 0 Å². The summed E-state index contributed by atoms with van der Waals surface area (Å²) in [6.07, 6.45) is 3.81. The molecule has 2 nitrogen and oxygen atoms in total. The third-order valence-corrected chi connectivity index (χ3v) is 3.30. The molecular formula is C14H22N2. The lowest BCUT2D eigenvalue weighted by Crippen LogP contribution is -2.26. The van der Waals surface area contributed by atoms with Crippen LogP contribution in [0.5, 0.6) is 0 Å². The molecule has 0 saturated heterocycles. The molecule has 0 atom stereocenters. The van der Waals surface area contributed by atoms with E-state index >= 15 is 0 Å². The van der Waals surface area contributed by atoms with E-state index in [1.165, 1.54) is 30.6 Å². The molecule has 1 aliphatic carbocycles. The highest BCUT2D eigenvalue weighted by atomic mass is 15.1. The Morgan fingerprint density at radius 3 is 2.69 bits per heavy atom. The van der Waals surface area contributed by atoms with Crippen LogP contribution in [0.25, 0.3) is 0 Å². The topological polar surface area (TPSA) is 29.3 Å². The summed E-state index contributed by atoms with van der Waals surface area (Å²) in [5.41, 5.74) is 8.45. The predicted octanol–water partition coefficient (Wildman–Crippen LogP) is 2.42. The molecule has 16 heavy (non-hydrogen) atoms. The number of benzene rings is 1. The molecule has 1 aromatic carbocycles. The van der Waals surface area contributed by atoms with Crippen LogP contribution in [-0.2, 0) is 6.42 Å². The minimum absolute atomic E-state index is 0.734. The van der Waals surface area contributed by atoms with Crippen LogP contribution in [0.15, 0.2) is 24.3 Å². The number of para-hydroxylation sites is 1. The van der Waals surface area contributed by atoms with E-state index in [2.05, 4.69) is 36.1 Å². The molecule has 2 N–H and O–H groups in total. The Morgan fingerprint density at radius 2 is 2.06 bits per heavy atom. The lowest BCUT2D eigenvalue weighted by molar-refractivity contribution is 0.737. The van der Waals surface area contributed by atoms with Crippen molar-refractivity contribution in [2.45, 2.75) is 26.2 Å². The average molecular weight is 218 g/mol. The molecule has 0 unspecified atom stereocenters. The number of hydrogen-bond acceptors (Lipinski definition) is 2. The monoisotopic (exact) mass is 218 g/mol. The smallest absolute Gasteiger partial charge is 0.0399 e. The molecule has 0 spiro atoms. The largest absolute Gasteiger partial charge is 0.371 e. The quantitative estimate of drug-likeness (QED) is 0.794. The van der Waals surface area contributed by atoms with Gasteiger partial charge in [-0.2, -0.15) is 0 Å². The molecule has 2 rings (SSSR count). The van der Waals surface area contributed by atoms with E-state index in [0.717, 1.165) is 25.4 Å². The summed E-state index contributed by atoms with van der Waals surface area (Å²) in [5, 5.41) is 0. The molecule has 0 amide bonds. The van der Waals surface area contributed by atoms with Gasteiger partial charge in [0.2, 0.25) is 0 Å². The van der Waals surface area contributed by atoms with Gasteiger partial charge in [-0.15, -0.1) is 0 Å². The van der Waals surface area contributed by atoms with Crippen LogP contribution >= 0.6 is 0 Å². The third-order valence-electron chi connectivity index (χ3n) is 3.30. The van der Waals surface area contributed by atoms with Gasteiger partial charge in [-0.25, -0.2) is 0 Å². The van der Waals surface area contributed by atoms with Gasteiger partial charge in [-0.1, -0.05) is 18.2 Å². The maximum Gasteiger partial charge on any atom is 0.0399 e. The summed E-state index contributed by atoms with van der Waals surface area (Å²) in [4.78, 5) is 2.50. The van der Waals surface area contributed by atoms with Gasteiger partial charge < -0.3 is 10.6 Å². The molecule has 0 heterocycles. The lowest BCUT2D eigenvalue weighted by atomic mass is 10.1. The predicted molar refractivity (Wildman–Crippen MR) is 69.8 cm³/mol. The Labute approximate surface area is 98.4 Å². The standard InChI is InChI=1S/C14H22N2/c1-2-16(11-12-7-8-12)14-6-4-3-5-13(14)9-10-15/h3-6,12H,2,7-11,15H2,1H3. The van der Waals surface area contributed by atoms with Gasteiger partial charge in [-0.05, 0) is 50.3 Å². The highest BCUT2D eigenvalue weighted by Crippen LogP contribution is 2.32. The summed E-state index contributed by atoms with van der Waals surface area (Å²) in [5.74, 6) is 0.936. The van der Waals surface area contributed by atoms with Gasteiger partial charge in [0, 0.05) is 18.8 Å². The zero-order valence-corrected chi connectivity index (χ0v) is 10.2. The lowest BCUT2D eigenvalue weighted by Gasteiger charge is -2.25. The Balaban J connectivity index is 2.14. The van der Waals surface area contributed by atoms with E-state index in [0.29, 0.717) is 0 Å². The number of nitrogens with zero attached hydrogens (tertiary/aromatic N) is 1. The number of rotatable bonds is 6. The highest BCUT2D eigenvalue weighted by molar-refractivity contribution is 5.53. The van der Waals surface area contributed by atoms with E-state index in [1.54, 1.807) is 0 Å². The third kappa shape index (κ3) is 2.76. The second kappa shape index (κ2) is 5.35. The first-order chi connectivity index (χ1) is 7.85. The summed E-state index contributed by atoms with van der Waals surface area (Å²) in [6.45, 7) is 5.29. The Kier molecular flexibility index (Phi) is 3.83.